The smallest absolute Gasteiger partial charge is 0.272 e. The Kier molecular flexibility index (Phi) is 3.47. The van der Waals surface area contributed by atoms with E-state index in [2.05, 4.69) is 10.2 Å². The number of aryl methyl sites for hydroxylation is 1. The molecule has 6 nitrogen and oxygen atoms in total. The summed E-state index contributed by atoms with van der Waals surface area (Å²) in [7, 11) is 3.22. The second kappa shape index (κ2) is 5.29. The summed E-state index contributed by atoms with van der Waals surface area (Å²) in [5.74, 6) is 0.564. The Hall–Kier alpha value is -2.21. The van der Waals surface area contributed by atoms with Crippen LogP contribution in [0.15, 0.2) is 17.1 Å². The average Bonchev–Trinajstić information content (AvgIpc) is 2.92. The third kappa shape index (κ3) is 2.21. The molecular weight excluding hydrogens is 270 g/mol. The number of fused-ring (bicyclic) bond motifs is 1. The van der Waals surface area contributed by atoms with Crippen LogP contribution >= 0.6 is 0 Å². The van der Waals surface area contributed by atoms with Crippen molar-refractivity contribution in [1.82, 2.24) is 14.8 Å². The van der Waals surface area contributed by atoms with Gasteiger partial charge in [-0.2, -0.15) is 5.10 Å². The molecule has 0 atom stereocenters. The number of phenols is 1. The highest BCUT2D eigenvalue weighted by Gasteiger charge is 2.24. The molecule has 1 N–H and O–H groups in total. The van der Waals surface area contributed by atoms with E-state index in [0.717, 1.165) is 42.1 Å². The lowest BCUT2D eigenvalue weighted by Gasteiger charge is -2.16. The average molecular weight is 287 g/mol. The van der Waals surface area contributed by atoms with Crippen LogP contribution in [-0.2, 0) is 31.2 Å². The maximum absolute atomic E-state index is 11.8. The van der Waals surface area contributed by atoms with Crippen LogP contribution in [0.2, 0.25) is 0 Å². The number of ether oxygens (including phenoxy) is 1. The van der Waals surface area contributed by atoms with Gasteiger partial charge in [-0.3, -0.25) is 9.36 Å². The molecule has 1 aliphatic rings. The van der Waals surface area contributed by atoms with Gasteiger partial charge in [0.1, 0.15) is 11.9 Å². The normalized spacial score (nSPS) is 13.4. The van der Waals surface area contributed by atoms with E-state index in [1.54, 1.807) is 14.2 Å². The van der Waals surface area contributed by atoms with E-state index in [4.69, 9.17) is 4.74 Å². The molecule has 1 heterocycles. The molecule has 0 bridgehead atoms. The monoisotopic (exact) mass is 287 g/mol. The maximum Gasteiger partial charge on any atom is 0.272 e. The molecule has 3 rings (SSSR count). The SMILES string of the molecule is COCc1cc2c(c(O)c1-c1nncc(=O)n1C)CCC2. The maximum atomic E-state index is 11.8. The number of hydrogen-bond donors (Lipinski definition) is 1. The number of aromatic nitrogens is 3. The summed E-state index contributed by atoms with van der Waals surface area (Å²) < 4.78 is 6.62. The van der Waals surface area contributed by atoms with Gasteiger partial charge in [0.2, 0.25) is 0 Å². The fourth-order valence-electron chi connectivity index (χ4n) is 2.91. The van der Waals surface area contributed by atoms with Crippen molar-refractivity contribution in [2.75, 3.05) is 7.11 Å². The fourth-order valence-corrected chi connectivity index (χ4v) is 2.91. The highest BCUT2D eigenvalue weighted by atomic mass is 16.5. The number of methoxy groups -OCH3 is 1. The summed E-state index contributed by atoms with van der Waals surface area (Å²) >= 11 is 0. The molecule has 110 valence electrons. The molecule has 1 aliphatic carbocycles. The lowest BCUT2D eigenvalue weighted by Crippen LogP contribution is -2.20. The van der Waals surface area contributed by atoms with Crippen molar-refractivity contribution in [2.24, 2.45) is 7.05 Å². The van der Waals surface area contributed by atoms with Gasteiger partial charge in [0.15, 0.2) is 5.82 Å². The van der Waals surface area contributed by atoms with Gasteiger partial charge in [-0.25, -0.2) is 0 Å². The molecule has 6 heteroatoms. The zero-order chi connectivity index (χ0) is 15.0. The topological polar surface area (TPSA) is 77.2 Å². The lowest BCUT2D eigenvalue weighted by molar-refractivity contribution is 0.185. The van der Waals surface area contributed by atoms with Crippen LogP contribution in [-0.4, -0.2) is 27.0 Å². The Labute approximate surface area is 122 Å². The third-order valence-electron chi connectivity index (χ3n) is 3.95. The van der Waals surface area contributed by atoms with Gasteiger partial charge in [-0.05, 0) is 36.0 Å². The molecule has 0 amide bonds. The minimum absolute atomic E-state index is 0.201. The molecule has 1 aromatic carbocycles. The summed E-state index contributed by atoms with van der Waals surface area (Å²) in [5, 5.41) is 18.4. The molecule has 2 aromatic rings. The predicted octanol–water partition coefficient (Wildman–Crippen LogP) is 1.18. The van der Waals surface area contributed by atoms with Crippen molar-refractivity contribution in [3.63, 3.8) is 0 Å². The van der Waals surface area contributed by atoms with Gasteiger partial charge in [-0.1, -0.05) is 6.07 Å². The number of benzene rings is 1. The first-order valence-corrected chi connectivity index (χ1v) is 6.88. The summed E-state index contributed by atoms with van der Waals surface area (Å²) in [4.78, 5) is 11.8. The van der Waals surface area contributed by atoms with E-state index in [1.165, 1.54) is 4.57 Å². The van der Waals surface area contributed by atoms with Gasteiger partial charge in [0.25, 0.3) is 5.56 Å². The first-order chi connectivity index (χ1) is 10.1. The summed E-state index contributed by atoms with van der Waals surface area (Å²) in [5.41, 5.74) is 3.21. The molecule has 1 aromatic heterocycles. The van der Waals surface area contributed by atoms with Crippen LogP contribution in [0.3, 0.4) is 0 Å². The fraction of sp³-hybridized carbons (Fsp3) is 0.400. The van der Waals surface area contributed by atoms with Gasteiger partial charge in [-0.15, -0.1) is 5.10 Å². The number of rotatable bonds is 3. The molecular formula is C15H17N3O3. The standard InChI is InChI=1S/C15H17N3O3/c1-18-12(19)7-16-17-15(18)13-10(8-21-2)6-9-4-3-5-11(9)14(13)20/h6-7,20H,3-5,8H2,1-2H3. The molecule has 0 spiro atoms. The number of aromatic hydroxyl groups is 1. The van der Waals surface area contributed by atoms with Crippen molar-refractivity contribution < 1.29 is 9.84 Å². The van der Waals surface area contributed by atoms with Gasteiger partial charge < -0.3 is 9.84 Å². The van der Waals surface area contributed by atoms with Gasteiger partial charge in [0, 0.05) is 14.2 Å². The molecule has 0 unspecified atom stereocenters. The Morgan fingerprint density at radius 3 is 3.00 bits per heavy atom. The summed E-state index contributed by atoms with van der Waals surface area (Å²) in [6.07, 6.45) is 3.98. The lowest BCUT2D eigenvalue weighted by atomic mass is 9.98. The Morgan fingerprint density at radius 2 is 2.24 bits per heavy atom. The number of phenolic OH excluding ortho intramolecular Hbond substituents is 1. The van der Waals surface area contributed by atoms with E-state index in [9.17, 15) is 9.90 Å². The molecule has 21 heavy (non-hydrogen) atoms. The molecule has 0 aliphatic heterocycles. The van der Waals surface area contributed by atoms with Crippen LogP contribution < -0.4 is 5.56 Å². The van der Waals surface area contributed by atoms with Crippen molar-refractivity contribution in [3.8, 4) is 17.1 Å². The highest BCUT2D eigenvalue weighted by molar-refractivity contribution is 5.72. The van der Waals surface area contributed by atoms with Crippen molar-refractivity contribution >= 4 is 0 Å². The summed E-state index contributed by atoms with van der Waals surface area (Å²) in [6.45, 7) is 0.348. The van der Waals surface area contributed by atoms with Crippen LogP contribution in [0.5, 0.6) is 5.75 Å². The highest BCUT2D eigenvalue weighted by Crippen LogP contribution is 2.40. The molecule has 0 radical (unpaired) electrons. The second-order valence-corrected chi connectivity index (χ2v) is 5.25. The molecule has 0 fully saturated rings. The van der Waals surface area contributed by atoms with Crippen molar-refractivity contribution in [2.45, 2.75) is 25.9 Å². The Morgan fingerprint density at radius 1 is 1.43 bits per heavy atom. The van der Waals surface area contributed by atoms with Gasteiger partial charge >= 0.3 is 0 Å². The largest absolute Gasteiger partial charge is 0.507 e. The number of hydrogen-bond acceptors (Lipinski definition) is 5. The van der Waals surface area contributed by atoms with Crippen LogP contribution in [0.1, 0.15) is 23.1 Å². The molecule has 0 saturated heterocycles. The minimum atomic E-state index is -0.261. The minimum Gasteiger partial charge on any atom is -0.507 e. The zero-order valence-corrected chi connectivity index (χ0v) is 12.1. The van der Waals surface area contributed by atoms with E-state index in [0.29, 0.717) is 18.0 Å². The molecule has 0 saturated carbocycles. The Balaban J connectivity index is 2.30. The van der Waals surface area contributed by atoms with E-state index >= 15 is 0 Å². The van der Waals surface area contributed by atoms with Crippen LogP contribution in [0, 0.1) is 0 Å². The predicted molar refractivity (Wildman–Crippen MR) is 77.1 cm³/mol. The first-order valence-electron chi connectivity index (χ1n) is 6.88. The van der Waals surface area contributed by atoms with E-state index in [-0.39, 0.29) is 11.3 Å². The van der Waals surface area contributed by atoms with Gasteiger partial charge in [0.05, 0.1) is 12.2 Å². The van der Waals surface area contributed by atoms with Crippen molar-refractivity contribution in [3.05, 3.63) is 39.3 Å². The van der Waals surface area contributed by atoms with Crippen LogP contribution in [0.4, 0.5) is 0 Å². The number of nitrogens with zero attached hydrogens (tertiary/aromatic N) is 3. The van der Waals surface area contributed by atoms with Crippen LogP contribution in [0.25, 0.3) is 11.4 Å². The quantitative estimate of drug-likeness (QED) is 0.917. The Bertz CT molecular complexity index is 753. The zero-order valence-electron chi connectivity index (χ0n) is 12.1. The second-order valence-electron chi connectivity index (χ2n) is 5.25. The van der Waals surface area contributed by atoms with E-state index in [1.807, 2.05) is 6.07 Å². The van der Waals surface area contributed by atoms with Crippen molar-refractivity contribution in [1.29, 1.82) is 0 Å². The van der Waals surface area contributed by atoms with E-state index < -0.39 is 0 Å². The summed E-state index contributed by atoms with van der Waals surface area (Å²) in [6, 6.07) is 2.04. The first kappa shape index (κ1) is 13.8. The third-order valence-corrected chi connectivity index (χ3v) is 3.95.